The van der Waals surface area contributed by atoms with Gasteiger partial charge in [-0.3, -0.25) is 0 Å². The molecule has 118 valence electrons. The summed E-state index contributed by atoms with van der Waals surface area (Å²) in [5, 5.41) is 4.00. The maximum absolute atomic E-state index is 5.85. The molecule has 0 aliphatic heterocycles. The molecule has 0 bridgehead atoms. The van der Waals surface area contributed by atoms with Gasteiger partial charge in [0.25, 0.3) is 5.89 Å². The van der Waals surface area contributed by atoms with Crippen molar-refractivity contribution in [3.05, 3.63) is 63.5 Å². The van der Waals surface area contributed by atoms with Gasteiger partial charge in [0.05, 0.1) is 0 Å². The van der Waals surface area contributed by atoms with Gasteiger partial charge in [0.1, 0.15) is 5.75 Å². The monoisotopic (exact) mass is 372 g/mol. The Morgan fingerprint density at radius 1 is 1.09 bits per heavy atom. The van der Waals surface area contributed by atoms with Gasteiger partial charge in [0, 0.05) is 10.0 Å². The fraction of sp³-hybridized carbons (Fsp3) is 0.222. The number of aryl methyl sites for hydroxylation is 2. The minimum Gasteiger partial charge on any atom is -0.483 e. The van der Waals surface area contributed by atoms with Crippen molar-refractivity contribution in [3.8, 4) is 17.1 Å². The van der Waals surface area contributed by atoms with Gasteiger partial charge in [-0.05, 0) is 67.8 Å². The highest BCUT2D eigenvalue weighted by atomic mass is 79.9. The number of rotatable bonds is 4. The molecule has 3 aromatic rings. The third-order valence-electron chi connectivity index (χ3n) is 3.69. The molecule has 0 aliphatic carbocycles. The van der Waals surface area contributed by atoms with Crippen LogP contribution in [0.5, 0.6) is 5.75 Å². The first-order valence-electron chi connectivity index (χ1n) is 7.32. The molecule has 4 nitrogen and oxygen atoms in total. The van der Waals surface area contributed by atoms with E-state index in [-0.39, 0.29) is 6.61 Å². The normalized spacial score (nSPS) is 10.8. The van der Waals surface area contributed by atoms with Crippen LogP contribution in [0.15, 0.2) is 45.4 Å². The molecule has 0 saturated heterocycles. The van der Waals surface area contributed by atoms with Gasteiger partial charge >= 0.3 is 0 Å². The van der Waals surface area contributed by atoms with Crippen molar-refractivity contribution >= 4 is 15.9 Å². The average molecular weight is 373 g/mol. The standard InChI is InChI=1S/C18H17BrN2O2/c1-11-8-12(2)13(3)16(9-11)22-10-17-20-18(21-23-17)14-4-6-15(19)7-5-14/h4-9H,10H2,1-3H3. The van der Waals surface area contributed by atoms with Gasteiger partial charge < -0.3 is 9.26 Å². The number of aromatic nitrogens is 2. The lowest BCUT2D eigenvalue weighted by Crippen LogP contribution is -1.99. The first-order valence-corrected chi connectivity index (χ1v) is 8.11. The first kappa shape index (κ1) is 15.7. The van der Waals surface area contributed by atoms with Crippen molar-refractivity contribution in [2.24, 2.45) is 0 Å². The van der Waals surface area contributed by atoms with E-state index in [1.807, 2.05) is 37.3 Å². The van der Waals surface area contributed by atoms with E-state index >= 15 is 0 Å². The van der Waals surface area contributed by atoms with Crippen molar-refractivity contribution < 1.29 is 9.26 Å². The lowest BCUT2D eigenvalue weighted by Gasteiger charge is -2.10. The molecule has 0 unspecified atom stereocenters. The number of benzene rings is 2. The van der Waals surface area contributed by atoms with Gasteiger partial charge in [-0.15, -0.1) is 0 Å². The average Bonchev–Trinajstić information content (AvgIpc) is 2.99. The second kappa shape index (κ2) is 6.54. The molecule has 0 spiro atoms. The highest BCUT2D eigenvalue weighted by Gasteiger charge is 2.10. The Bertz CT molecular complexity index is 826. The molecule has 0 radical (unpaired) electrons. The van der Waals surface area contributed by atoms with Crippen LogP contribution in [0.3, 0.4) is 0 Å². The lowest BCUT2D eigenvalue weighted by molar-refractivity contribution is 0.241. The van der Waals surface area contributed by atoms with Gasteiger partial charge in [-0.25, -0.2) is 0 Å². The topological polar surface area (TPSA) is 48.2 Å². The Kier molecular flexibility index (Phi) is 4.48. The van der Waals surface area contributed by atoms with Crippen LogP contribution in [0.1, 0.15) is 22.6 Å². The molecule has 0 N–H and O–H groups in total. The summed E-state index contributed by atoms with van der Waals surface area (Å²) in [6, 6.07) is 11.9. The zero-order valence-electron chi connectivity index (χ0n) is 13.3. The fourth-order valence-corrected chi connectivity index (χ4v) is 2.58. The molecule has 1 aromatic heterocycles. The minimum atomic E-state index is 0.257. The van der Waals surface area contributed by atoms with E-state index in [0.717, 1.165) is 21.3 Å². The summed E-state index contributed by atoms with van der Waals surface area (Å²) in [6.45, 7) is 6.43. The molecule has 0 aliphatic rings. The quantitative estimate of drug-likeness (QED) is 0.646. The molecule has 3 rings (SSSR count). The molecule has 1 heterocycles. The number of ether oxygens (including phenoxy) is 1. The van der Waals surface area contributed by atoms with E-state index in [4.69, 9.17) is 9.26 Å². The van der Waals surface area contributed by atoms with E-state index < -0.39 is 0 Å². The number of hydrogen-bond acceptors (Lipinski definition) is 4. The highest BCUT2D eigenvalue weighted by molar-refractivity contribution is 9.10. The number of hydrogen-bond donors (Lipinski definition) is 0. The molecule has 0 fully saturated rings. The molecule has 5 heteroatoms. The number of nitrogens with zero attached hydrogens (tertiary/aromatic N) is 2. The minimum absolute atomic E-state index is 0.257. The van der Waals surface area contributed by atoms with E-state index in [0.29, 0.717) is 11.7 Å². The molecule has 0 saturated carbocycles. The maximum atomic E-state index is 5.85. The highest BCUT2D eigenvalue weighted by Crippen LogP contribution is 2.24. The maximum Gasteiger partial charge on any atom is 0.264 e. The summed E-state index contributed by atoms with van der Waals surface area (Å²) in [6.07, 6.45) is 0. The van der Waals surface area contributed by atoms with E-state index in [2.05, 4.69) is 46.0 Å². The van der Waals surface area contributed by atoms with Crippen LogP contribution in [0, 0.1) is 20.8 Å². The predicted molar refractivity (Wildman–Crippen MR) is 92.4 cm³/mol. The van der Waals surface area contributed by atoms with Crippen LogP contribution in [0.2, 0.25) is 0 Å². The van der Waals surface area contributed by atoms with Gasteiger partial charge in [0.15, 0.2) is 6.61 Å². The van der Waals surface area contributed by atoms with Gasteiger partial charge in [-0.1, -0.05) is 27.2 Å². The largest absolute Gasteiger partial charge is 0.483 e. The molecular formula is C18H17BrN2O2. The Balaban J connectivity index is 1.74. The second-order valence-corrected chi connectivity index (χ2v) is 6.43. The van der Waals surface area contributed by atoms with Crippen LogP contribution in [0.4, 0.5) is 0 Å². The van der Waals surface area contributed by atoms with Gasteiger partial charge in [-0.2, -0.15) is 4.98 Å². The van der Waals surface area contributed by atoms with Gasteiger partial charge in [0.2, 0.25) is 5.82 Å². The van der Waals surface area contributed by atoms with E-state index in [1.54, 1.807) is 0 Å². The molecule has 0 amide bonds. The summed E-state index contributed by atoms with van der Waals surface area (Å²) in [5.41, 5.74) is 4.42. The summed E-state index contributed by atoms with van der Waals surface area (Å²) < 4.78 is 12.1. The van der Waals surface area contributed by atoms with Crippen molar-refractivity contribution in [3.63, 3.8) is 0 Å². The second-order valence-electron chi connectivity index (χ2n) is 5.51. The van der Waals surface area contributed by atoms with Crippen LogP contribution in [-0.4, -0.2) is 10.1 Å². The van der Waals surface area contributed by atoms with Crippen LogP contribution < -0.4 is 4.74 Å². The van der Waals surface area contributed by atoms with E-state index in [1.165, 1.54) is 11.1 Å². The zero-order chi connectivity index (χ0) is 16.4. The predicted octanol–water partition coefficient (Wildman–Crippen LogP) is 5.00. The van der Waals surface area contributed by atoms with Crippen molar-refractivity contribution in [2.75, 3.05) is 0 Å². The Labute approximate surface area is 143 Å². The first-order chi connectivity index (χ1) is 11.0. The summed E-state index contributed by atoms with van der Waals surface area (Å²) in [7, 11) is 0. The van der Waals surface area contributed by atoms with Crippen LogP contribution in [0.25, 0.3) is 11.4 Å². The SMILES string of the molecule is Cc1cc(C)c(C)c(OCc2nc(-c3ccc(Br)cc3)no2)c1. The zero-order valence-corrected chi connectivity index (χ0v) is 14.8. The molecule has 2 aromatic carbocycles. The van der Waals surface area contributed by atoms with Crippen LogP contribution in [-0.2, 0) is 6.61 Å². The van der Waals surface area contributed by atoms with Crippen molar-refractivity contribution in [2.45, 2.75) is 27.4 Å². The molecule has 23 heavy (non-hydrogen) atoms. The van der Waals surface area contributed by atoms with E-state index in [9.17, 15) is 0 Å². The fourth-order valence-electron chi connectivity index (χ4n) is 2.32. The smallest absolute Gasteiger partial charge is 0.264 e. The Morgan fingerprint density at radius 3 is 2.57 bits per heavy atom. The third kappa shape index (κ3) is 3.62. The summed E-state index contributed by atoms with van der Waals surface area (Å²) >= 11 is 3.41. The number of halogens is 1. The van der Waals surface area contributed by atoms with Crippen molar-refractivity contribution in [1.82, 2.24) is 10.1 Å². The summed E-state index contributed by atoms with van der Waals surface area (Å²) in [5.74, 6) is 1.88. The molecule has 0 atom stereocenters. The Hall–Kier alpha value is -2.14. The van der Waals surface area contributed by atoms with Crippen molar-refractivity contribution in [1.29, 1.82) is 0 Å². The lowest BCUT2D eigenvalue weighted by atomic mass is 10.1. The summed E-state index contributed by atoms with van der Waals surface area (Å²) in [4.78, 5) is 4.38. The third-order valence-corrected chi connectivity index (χ3v) is 4.21. The Morgan fingerprint density at radius 2 is 1.83 bits per heavy atom. The molecular weight excluding hydrogens is 356 g/mol. The van der Waals surface area contributed by atoms with Crippen LogP contribution >= 0.6 is 15.9 Å².